The van der Waals surface area contributed by atoms with Crippen molar-refractivity contribution in [1.82, 2.24) is 14.5 Å². The number of halogens is 2. The summed E-state index contributed by atoms with van der Waals surface area (Å²) in [6.07, 6.45) is 0.597. The topological polar surface area (TPSA) is 64.4 Å². The molecule has 0 aliphatic carbocycles. The van der Waals surface area contributed by atoms with Crippen molar-refractivity contribution in [3.8, 4) is 5.69 Å². The minimum absolute atomic E-state index is 0.194. The van der Waals surface area contributed by atoms with Crippen molar-refractivity contribution in [3.63, 3.8) is 0 Å². The molecule has 3 aromatic carbocycles. The smallest absolute Gasteiger partial charge is 0.266 e. The van der Waals surface area contributed by atoms with Crippen LogP contribution in [0.5, 0.6) is 0 Å². The second-order valence-electron chi connectivity index (χ2n) is 8.61. The Morgan fingerprint density at radius 2 is 1.81 bits per heavy atom. The molecule has 1 amide bonds. The van der Waals surface area contributed by atoms with Gasteiger partial charge in [0.1, 0.15) is 5.82 Å². The highest BCUT2D eigenvalue weighted by atomic mass is 35.5. The van der Waals surface area contributed by atoms with E-state index in [1.54, 1.807) is 46.9 Å². The number of amides is 1. The number of aromatic nitrogens is 2. The Hall–Kier alpha value is -3.19. The number of fused-ring (bicyclic) bond motifs is 1. The minimum atomic E-state index is -0.556. The zero-order chi connectivity index (χ0) is 25.8. The number of carbonyl (C=O) groups is 1. The van der Waals surface area contributed by atoms with Crippen LogP contribution in [0.2, 0.25) is 10.0 Å². The molecule has 186 valence electrons. The Bertz CT molecular complexity index is 1450. The first-order valence-corrected chi connectivity index (χ1v) is 12.4. The molecule has 0 saturated carbocycles. The van der Waals surface area contributed by atoms with Gasteiger partial charge in [-0.15, -0.1) is 0 Å². The summed E-state index contributed by atoms with van der Waals surface area (Å²) in [5, 5.41) is 1.21. The van der Waals surface area contributed by atoms with Gasteiger partial charge < -0.3 is 9.64 Å². The molecular weight excluding hydrogens is 497 g/mol. The fraction of sp³-hybridized carbons (Fsp3) is 0.250. The van der Waals surface area contributed by atoms with Gasteiger partial charge in [-0.05, 0) is 62.7 Å². The van der Waals surface area contributed by atoms with Crippen LogP contribution in [0.25, 0.3) is 16.6 Å². The van der Waals surface area contributed by atoms with Gasteiger partial charge in [-0.1, -0.05) is 53.0 Å². The summed E-state index contributed by atoms with van der Waals surface area (Å²) in [4.78, 5) is 34.0. The van der Waals surface area contributed by atoms with Crippen LogP contribution in [-0.4, -0.2) is 40.6 Å². The highest BCUT2D eigenvalue weighted by Gasteiger charge is 2.28. The van der Waals surface area contributed by atoms with Crippen LogP contribution in [0, 0.1) is 6.92 Å². The summed E-state index contributed by atoms with van der Waals surface area (Å²) >= 11 is 12.5. The number of para-hydroxylation sites is 1. The van der Waals surface area contributed by atoms with Gasteiger partial charge in [0.15, 0.2) is 0 Å². The molecule has 0 fully saturated rings. The first kappa shape index (κ1) is 25.9. The van der Waals surface area contributed by atoms with E-state index in [-0.39, 0.29) is 16.5 Å². The summed E-state index contributed by atoms with van der Waals surface area (Å²) in [5.41, 5.74) is 2.46. The molecule has 1 unspecified atom stereocenters. The molecule has 4 aromatic rings. The van der Waals surface area contributed by atoms with E-state index >= 15 is 0 Å². The maximum absolute atomic E-state index is 13.8. The summed E-state index contributed by atoms with van der Waals surface area (Å²) in [6.45, 7) is 4.71. The normalized spacial score (nSPS) is 12.0. The van der Waals surface area contributed by atoms with Gasteiger partial charge in [0.05, 0.1) is 33.2 Å². The van der Waals surface area contributed by atoms with Gasteiger partial charge in [-0.3, -0.25) is 14.2 Å². The molecule has 4 rings (SSSR count). The highest BCUT2D eigenvalue weighted by molar-refractivity contribution is 6.36. The molecule has 8 heteroatoms. The molecule has 0 spiro atoms. The van der Waals surface area contributed by atoms with E-state index < -0.39 is 6.04 Å². The van der Waals surface area contributed by atoms with E-state index in [1.165, 1.54) is 0 Å². The van der Waals surface area contributed by atoms with E-state index in [0.29, 0.717) is 52.6 Å². The first-order valence-electron chi connectivity index (χ1n) is 11.7. The largest absolute Gasteiger partial charge is 0.385 e. The van der Waals surface area contributed by atoms with E-state index in [0.717, 1.165) is 5.56 Å². The first-order chi connectivity index (χ1) is 17.3. The third kappa shape index (κ3) is 5.31. The quantitative estimate of drug-likeness (QED) is 0.256. The Kier molecular flexibility index (Phi) is 8.09. The minimum Gasteiger partial charge on any atom is -0.385 e. The Labute approximate surface area is 220 Å². The number of hydrogen-bond acceptors (Lipinski definition) is 4. The molecule has 1 aromatic heterocycles. The maximum Gasteiger partial charge on any atom is 0.266 e. The molecule has 0 N–H and O–H groups in total. The number of benzene rings is 3. The number of ether oxygens (including phenoxy) is 1. The number of aryl methyl sites for hydroxylation is 1. The van der Waals surface area contributed by atoms with E-state index in [4.69, 9.17) is 32.9 Å². The lowest BCUT2D eigenvalue weighted by Gasteiger charge is -2.31. The molecule has 0 bridgehead atoms. The highest BCUT2D eigenvalue weighted by Crippen LogP contribution is 2.28. The summed E-state index contributed by atoms with van der Waals surface area (Å²) < 4.78 is 6.82. The maximum atomic E-state index is 13.8. The number of carbonyl (C=O) groups excluding carboxylic acids is 1. The van der Waals surface area contributed by atoms with Crippen LogP contribution in [0.1, 0.15) is 41.1 Å². The lowest BCUT2D eigenvalue weighted by Crippen LogP contribution is -2.38. The van der Waals surface area contributed by atoms with Gasteiger partial charge in [-0.25, -0.2) is 4.98 Å². The number of rotatable bonds is 8. The van der Waals surface area contributed by atoms with Crippen LogP contribution in [-0.2, 0) is 4.74 Å². The molecule has 0 aliphatic heterocycles. The Morgan fingerprint density at radius 3 is 2.50 bits per heavy atom. The monoisotopic (exact) mass is 523 g/mol. The number of methoxy groups -OCH3 is 1. The van der Waals surface area contributed by atoms with Crippen molar-refractivity contribution >= 4 is 40.0 Å². The van der Waals surface area contributed by atoms with Crippen molar-refractivity contribution in [2.24, 2.45) is 0 Å². The molecule has 0 saturated heterocycles. The van der Waals surface area contributed by atoms with Gasteiger partial charge in [0.2, 0.25) is 0 Å². The molecule has 36 heavy (non-hydrogen) atoms. The van der Waals surface area contributed by atoms with Gasteiger partial charge in [-0.2, -0.15) is 0 Å². The molecule has 1 heterocycles. The van der Waals surface area contributed by atoms with Crippen molar-refractivity contribution in [2.45, 2.75) is 26.3 Å². The van der Waals surface area contributed by atoms with Crippen LogP contribution >= 0.6 is 23.2 Å². The average Bonchev–Trinajstić information content (AvgIpc) is 2.87. The molecular formula is C28H27Cl2N3O3. The number of hydrogen-bond donors (Lipinski definition) is 0. The Morgan fingerprint density at radius 1 is 1.08 bits per heavy atom. The molecule has 0 radical (unpaired) electrons. The van der Waals surface area contributed by atoms with Crippen molar-refractivity contribution < 1.29 is 9.53 Å². The van der Waals surface area contributed by atoms with Crippen LogP contribution < -0.4 is 5.56 Å². The predicted molar refractivity (Wildman–Crippen MR) is 144 cm³/mol. The lowest BCUT2D eigenvalue weighted by molar-refractivity contribution is 0.0657. The third-order valence-corrected chi connectivity index (χ3v) is 6.65. The van der Waals surface area contributed by atoms with Crippen molar-refractivity contribution in [2.75, 3.05) is 20.3 Å². The summed E-state index contributed by atoms with van der Waals surface area (Å²) in [5.74, 6) is 0.177. The van der Waals surface area contributed by atoms with Gasteiger partial charge in [0.25, 0.3) is 11.5 Å². The zero-order valence-electron chi connectivity index (χ0n) is 20.4. The standard InChI is InChI=1S/C28H27Cl2N3O3/c1-18-9-12-21(13-10-18)33-26(31-25-8-5-4-7-23(25)28(33)35)19(2)32(15-6-16-36-3)27(34)22-14-11-20(29)17-24(22)30/h4-5,7-14,17,19H,6,15-16H2,1-3H3. The SMILES string of the molecule is COCCCN(C(=O)c1ccc(Cl)cc1Cl)C(C)c1nc2ccccc2c(=O)n1-c1ccc(C)cc1. The van der Waals surface area contributed by atoms with Crippen molar-refractivity contribution in [1.29, 1.82) is 0 Å². The summed E-state index contributed by atoms with van der Waals surface area (Å²) in [7, 11) is 1.62. The second-order valence-corrected chi connectivity index (χ2v) is 9.45. The fourth-order valence-electron chi connectivity index (χ4n) is 4.18. The van der Waals surface area contributed by atoms with Crippen LogP contribution in [0.15, 0.2) is 71.5 Å². The zero-order valence-corrected chi connectivity index (χ0v) is 21.9. The third-order valence-electron chi connectivity index (χ3n) is 6.10. The fourth-order valence-corrected chi connectivity index (χ4v) is 4.67. The van der Waals surface area contributed by atoms with E-state index in [9.17, 15) is 9.59 Å². The summed E-state index contributed by atoms with van der Waals surface area (Å²) in [6, 6.07) is 19.1. The van der Waals surface area contributed by atoms with Crippen molar-refractivity contribution in [3.05, 3.63) is 104 Å². The average molecular weight is 524 g/mol. The van der Waals surface area contributed by atoms with E-state index in [1.807, 2.05) is 50.2 Å². The number of nitrogens with zero attached hydrogens (tertiary/aromatic N) is 3. The molecule has 0 aliphatic rings. The van der Waals surface area contributed by atoms with Gasteiger partial charge >= 0.3 is 0 Å². The van der Waals surface area contributed by atoms with E-state index in [2.05, 4.69) is 0 Å². The van der Waals surface area contributed by atoms with Crippen LogP contribution in [0.3, 0.4) is 0 Å². The predicted octanol–water partition coefficient (Wildman–Crippen LogP) is 6.24. The molecule has 1 atom stereocenters. The lowest BCUT2D eigenvalue weighted by atomic mass is 10.1. The van der Waals surface area contributed by atoms with Gasteiger partial charge in [0, 0.05) is 25.3 Å². The molecule has 6 nitrogen and oxygen atoms in total. The second kappa shape index (κ2) is 11.2. The Balaban J connectivity index is 1.89. The van der Waals surface area contributed by atoms with Crippen LogP contribution in [0.4, 0.5) is 0 Å².